The molecule has 0 radical (unpaired) electrons. The molecule has 1 saturated carbocycles. The molecule has 2 aromatic carbocycles. The molecule has 0 unspecified atom stereocenters. The van der Waals surface area contributed by atoms with E-state index in [1.807, 2.05) is 49.4 Å². The third-order valence-electron chi connectivity index (χ3n) is 5.81. The minimum atomic E-state index is -0.391. The minimum absolute atomic E-state index is 0.0251. The van der Waals surface area contributed by atoms with Gasteiger partial charge in [0.1, 0.15) is 5.84 Å². The predicted molar refractivity (Wildman–Crippen MR) is 109 cm³/mol. The van der Waals surface area contributed by atoms with Crippen molar-refractivity contribution >= 4 is 17.6 Å². The summed E-state index contributed by atoms with van der Waals surface area (Å²) in [6.07, 6.45) is 3.05. The van der Waals surface area contributed by atoms with Crippen LogP contribution in [0.4, 0.5) is 0 Å². The molecule has 0 aromatic heterocycles. The van der Waals surface area contributed by atoms with Gasteiger partial charge >= 0.3 is 0 Å². The quantitative estimate of drug-likeness (QED) is 0.854. The van der Waals surface area contributed by atoms with E-state index in [1.54, 1.807) is 7.05 Å². The summed E-state index contributed by atoms with van der Waals surface area (Å²) in [5, 5.41) is 11.2. The number of nitrogens with zero attached hydrogens (tertiary/aromatic N) is 1. The number of hydrogen-bond acceptors (Lipinski definition) is 3. The van der Waals surface area contributed by atoms with Crippen molar-refractivity contribution in [1.29, 1.82) is 5.41 Å². The van der Waals surface area contributed by atoms with Crippen molar-refractivity contribution in [3.8, 4) is 11.1 Å². The van der Waals surface area contributed by atoms with Gasteiger partial charge in [-0.05, 0) is 41.7 Å². The van der Waals surface area contributed by atoms with E-state index in [0.29, 0.717) is 30.3 Å². The summed E-state index contributed by atoms with van der Waals surface area (Å²) >= 11 is 0. The highest BCUT2D eigenvalue weighted by Gasteiger charge is 2.38. The van der Waals surface area contributed by atoms with Crippen LogP contribution in [0.3, 0.4) is 0 Å². The molecule has 0 spiro atoms. The van der Waals surface area contributed by atoms with Gasteiger partial charge in [0.15, 0.2) is 0 Å². The average molecular weight is 375 g/mol. The summed E-state index contributed by atoms with van der Waals surface area (Å²) in [4.78, 5) is 26.1. The van der Waals surface area contributed by atoms with E-state index < -0.39 is 5.41 Å². The monoisotopic (exact) mass is 375 g/mol. The number of carbonyl (C=O) groups excluding carboxylic acids is 2. The van der Waals surface area contributed by atoms with E-state index in [4.69, 9.17) is 5.41 Å². The molecule has 1 saturated heterocycles. The maximum Gasteiger partial charge on any atom is 0.251 e. The minimum Gasteiger partial charge on any atom is -0.349 e. The van der Waals surface area contributed by atoms with Crippen molar-refractivity contribution in [2.75, 3.05) is 7.05 Å². The SMILES string of the molecule is CN1C(=N)C[C@](C)(c2cccc(-c3cccc(C(=O)NC4CC4)c3)c2)CC1=O. The number of carbonyl (C=O) groups is 2. The number of amides is 2. The molecule has 5 heteroatoms. The lowest BCUT2D eigenvalue weighted by atomic mass is 9.73. The summed E-state index contributed by atoms with van der Waals surface area (Å²) in [7, 11) is 1.67. The van der Waals surface area contributed by atoms with Crippen LogP contribution in [0.25, 0.3) is 11.1 Å². The van der Waals surface area contributed by atoms with Crippen LogP contribution in [0.15, 0.2) is 48.5 Å². The number of amidine groups is 1. The zero-order valence-electron chi connectivity index (χ0n) is 16.3. The lowest BCUT2D eigenvalue weighted by molar-refractivity contribution is -0.128. The average Bonchev–Trinajstić information content (AvgIpc) is 3.50. The van der Waals surface area contributed by atoms with Gasteiger partial charge in [0.25, 0.3) is 5.91 Å². The highest BCUT2D eigenvalue weighted by atomic mass is 16.2. The van der Waals surface area contributed by atoms with Gasteiger partial charge in [0, 0.05) is 36.9 Å². The van der Waals surface area contributed by atoms with Crippen LogP contribution in [-0.2, 0) is 10.2 Å². The molecule has 5 nitrogen and oxygen atoms in total. The highest BCUT2D eigenvalue weighted by molar-refractivity contribution is 6.00. The van der Waals surface area contributed by atoms with Gasteiger partial charge in [-0.15, -0.1) is 0 Å². The van der Waals surface area contributed by atoms with Gasteiger partial charge in [-0.25, -0.2) is 0 Å². The molecular weight excluding hydrogens is 350 g/mol. The number of likely N-dealkylation sites (tertiary alicyclic amines) is 1. The summed E-state index contributed by atoms with van der Waals surface area (Å²) in [6, 6.07) is 16.1. The molecular formula is C23H25N3O2. The second-order valence-corrected chi connectivity index (χ2v) is 8.22. The topological polar surface area (TPSA) is 73.3 Å². The van der Waals surface area contributed by atoms with Gasteiger partial charge in [-0.1, -0.05) is 43.3 Å². The highest BCUT2D eigenvalue weighted by Crippen LogP contribution is 2.37. The van der Waals surface area contributed by atoms with Crippen LogP contribution in [0.5, 0.6) is 0 Å². The Labute approximate surface area is 165 Å². The zero-order chi connectivity index (χ0) is 19.9. The van der Waals surface area contributed by atoms with Crippen LogP contribution in [-0.4, -0.2) is 35.6 Å². The van der Waals surface area contributed by atoms with Crippen LogP contribution in [0.2, 0.25) is 0 Å². The molecule has 2 aromatic rings. The van der Waals surface area contributed by atoms with Gasteiger partial charge in [0.2, 0.25) is 5.91 Å². The first kappa shape index (κ1) is 18.4. The van der Waals surface area contributed by atoms with Crippen molar-refractivity contribution < 1.29 is 9.59 Å². The Kier molecular flexibility index (Phi) is 4.53. The van der Waals surface area contributed by atoms with Crippen molar-refractivity contribution in [3.05, 3.63) is 59.7 Å². The smallest absolute Gasteiger partial charge is 0.251 e. The van der Waals surface area contributed by atoms with Gasteiger partial charge in [-0.3, -0.25) is 15.0 Å². The molecule has 2 aliphatic rings. The van der Waals surface area contributed by atoms with E-state index in [0.717, 1.165) is 29.5 Å². The van der Waals surface area contributed by atoms with Crippen molar-refractivity contribution in [1.82, 2.24) is 10.2 Å². The Morgan fingerprint density at radius 3 is 2.46 bits per heavy atom. The maximum atomic E-state index is 12.4. The Balaban J connectivity index is 1.63. The van der Waals surface area contributed by atoms with Gasteiger partial charge in [-0.2, -0.15) is 0 Å². The van der Waals surface area contributed by atoms with Crippen LogP contribution < -0.4 is 5.32 Å². The summed E-state index contributed by atoms with van der Waals surface area (Å²) in [6.45, 7) is 2.05. The number of rotatable bonds is 4. The van der Waals surface area contributed by atoms with Crippen molar-refractivity contribution in [2.24, 2.45) is 0 Å². The first-order valence-corrected chi connectivity index (χ1v) is 9.71. The number of piperidine rings is 1. The molecule has 28 heavy (non-hydrogen) atoms. The molecule has 1 aliphatic heterocycles. The fourth-order valence-electron chi connectivity index (χ4n) is 3.77. The standard InChI is InChI=1S/C23H25N3O2/c1-23(13-20(24)26(2)21(27)14-23)18-8-4-6-16(12-18)15-5-3-7-17(11-15)22(28)25-19-9-10-19/h3-8,11-12,19,24H,9-10,13-14H2,1-2H3,(H,25,28)/t23-/m0/s1. The van der Waals surface area contributed by atoms with Crippen molar-refractivity contribution in [3.63, 3.8) is 0 Å². The lowest BCUT2D eigenvalue weighted by Gasteiger charge is -2.38. The van der Waals surface area contributed by atoms with E-state index in [9.17, 15) is 9.59 Å². The molecule has 2 N–H and O–H groups in total. The largest absolute Gasteiger partial charge is 0.349 e. The first-order valence-electron chi connectivity index (χ1n) is 9.71. The number of hydrogen-bond donors (Lipinski definition) is 2. The molecule has 144 valence electrons. The molecule has 1 heterocycles. The Hall–Kier alpha value is -2.95. The maximum absolute atomic E-state index is 12.4. The molecule has 1 atom stereocenters. The zero-order valence-corrected chi connectivity index (χ0v) is 16.3. The van der Waals surface area contributed by atoms with Crippen LogP contribution in [0.1, 0.15) is 48.5 Å². The van der Waals surface area contributed by atoms with E-state index in [1.165, 1.54) is 4.90 Å². The van der Waals surface area contributed by atoms with E-state index in [-0.39, 0.29) is 11.8 Å². The molecule has 0 bridgehead atoms. The first-order chi connectivity index (χ1) is 13.4. The van der Waals surface area contributed by atoms with Gasteiger partial charge < -0.3 is 10.2 Å². The summed E-state index contributed by atoms with van der Waals surface area (Å²) in [5.74, 6) is 0.299. The lowest BCUT2D eigenvalue weighted by Crippen LogP contribution is -2.46. The Morgan fingerprint density at radius 2 is 1.79 bits per heavy atom. The molecule has 1 aliphatic carbocycles. The summed E-state index contributed by atoms with van der Waals surface area (Å²) in [5.41, 5.74) is 3.31. The number of nitrogens with one attached hydrogen (secondary N) is 2. The van der Waals surface area contributed by atoms with Crippen LogP contribution >= 0.6 is 0 Å². The van der Waals surface area contributed by atoms with Crippen LogP contribution in [0, 0.1) is 5.41 Å². The predicted octanol–water partition coefficient (Wildman–Crippen LogP) is 3.73. The van der Waals surface area contributed by atoms with Crippen molar-refractivity contribution in [2.45, 2.75) is 44.1 Å². The second kappa shape index (κ2) is 6.89. The van der Waals surface area contributed by atoms with Gasteiger partial charge in [0.05, 0.1) is 0 Å². The second-order valence-electron chi connectivity index (χ2n) is 8.22. The fourth-order valence-corrected chi connectivity index (χ4v) is 3.77. The number of benzene rings is 2. The fraction of sp³-hybridized carbons (Fsp3) is 0.348. The molecule has 2 amide bonds. The summed E-state index contributed by atoms with van der Waals surface area (Å²) < 4.78 is 0. The van der Waals surface area contributed by atoms with E-state index >= 15 is 0 Å². The normalized spacial score (nSPS) is 22.3. The van der Waals surface area contributed by atoms with E-state index in [2.05, 4.69) is 11.4 Å². The Bertz CT molecular complexity index is 944. The third-order valence-corrected chi connectivity index (χ3v) is 5.81. The third kappa shape index (κ3) is 3.57. The Morgan fingerprint density at radius 1 is 1.11 bits per heavy atom. The molecule has 4 rings (SSSR count). The molecule has 2 fully saturated rings.